The van der Waals surface area contributed by atoms with Gasteiger partial charge in [-0.2, -0.15) is 0 Å². The van der Waals surface area contributed by atoms with Crippen LogP contribution in [0.4, 0.5) is 10.2 Å². The first kappa shape index (κ1) is 21.0. The number of anilines is 1. The minimum absolute atomic E-state index is 0.122. The predicted octanol–water partition coefficient (Wildman–Crippen LogP) is 3.13. The van der Waals surface area contributed by atoms with Crippen LogP contribution < -0.4 is 19.1 Å². The number of piperazine rings is 1. The molecule has 1 amide bonds. The Morgan fingerprint density at radius 2 is 1.82 bits per heavy atom. The van der Waals surface area contributed by atoms with E-state index in [1.165, 1.54) is 12.1 Å². The Morgan fingerprint density at radius 3 is 2.58 bits per heavy atom. The average molecular weight is 450 g/mol. The van der Waals surface area contributed by atoms with E-state index in [2.05, 4.69) is 15.1 Å². The van der Waals surface area contributed by atoms with E-state index in [9.17, 15) is 9.18 Å². The van der Waals surface area contributed by atoms with Gasteiger partial charge in [-0.25, -0.2) is 4.39 Å². The standard InChI is InChI=1S/C24H23FN4O4/c1-16(33-19-4-2-3-18(25)14-19)24(30)29-11-9-28(10-12-29)23-8-6-20(26-27-23)17-5-7-21-22(13-17)32-15-31-21/h2-8,13-14,16H,9-12,15H2,1H3. The van der Waals surface area contributed by atoms with Crippen LogP contribution in [0.2, 0.25) is 0 Å². The number of amides is 1. The van der Waals surface area contributed by atoms with Crippen LogP contribution >= 0.6 is 0 Å². The molecule has 1 saturated heterocycles. The zero-order chi connectivity index (χ0) is 22.8. The van der Waals surface area contributed by atoms with Crippen molar-refractivity contribution in [2.75, 3.05) is 37.9 Å². The summed E-state index contributed by atoms with van der Waals surface area (Å²) in [5.41, 5.74) is 1.65. The van der Waals surface area contributed by atoms with Gasteiger partial charge in [0.05, 0.1) is 5.69 Å². The molecule has 33 heavy (non-hydrogen) atoms. The molecule has 1 atom stereocenters. The van der Waals surface area contributed by atoms with Crippen LogP contribution in [0.1, 0.15) is 6.92 Å². The van der Waals surface area contributed by atoms with Crippen LogP contribution in [0, 0.1) is 5.82 Å². The van der Waals surface area contributed by atoms with E-state index in [1.54, 1.807) is 24.0 Å². The van der Waals surface area contributed by atoms with Crippen LogP contribution in [0.5, 0.6) is 17.2 Å². The number of hydrogen-bond donors (Lipinski definition) is 0. The number of benzene rings is 2. The Kier molecular flexibility index (Phi) is 5.68. The molecule has 2 aliphatic heterocycles. The lowest BCUT2D eigenvalue weighted by molar-refractivity contribution is -0.138. The Labute approximate surface area is 190 Å². The normalized spacial score (nSPS) is 15.9. The minimum Gasteiger partial charge on any atom is -0.481 e. The fraction of sp³-hybridized carbons (Fsp3) is 0.292. The lowest BCUT2D eigenvalue weighted by Crippen LogP contribution is -2.52. The molecule has 1 fully saturated rings. The molecule has 1 unspecified atom stereocenters. The first-order valence-corrected chi connectivity index (χ1v) is 10.8. The molecular weight excluding hydrogens is 427 g/mol. The quantitative estimate of drug-likeness (QED) is 0.591. The number of halogens is 1. The molecule has 8 nitrogen and oxygen atoms in total. The molecule has 170 valence electrons. The van der Waals surface area contributed by atoms with Gasteiger partial charge in [-0.05, 0) is 49.4 Å². The van der Waals surface area contributed by atoms with E-state index in [-0.39, 0.29) is 12.7 Å². The number of aromatic nitrogens is 2. The lowest BCUT2D eigenvalue weighted by atomic mass is 10.1. The topological polar surface area (TPSA) is 77.0 Å². The first-order valence-electron chi connectivity index (χ1n) is 10.8. The number of fused-ring (bicyclic) bond motifs is 1. The Bertz CT molecular complexity index is 1150. The molecule has 0 spiro atoms. The van der Waals surface area contributed by atoms with Crippen molar-refractivity contribution in [1.82, 2.24) is 15.1 Å². The van der Waals surface area contributed by atoms with Gasteiger partial charge in [0.15, 0.2) is 23.4 Å². The minimum atomic E-state index is -0.695. The molecule has 0 bridgehead atoms. The van der Waals surface area contributed by atoms with Gasteiger partial charge in [-0.3, -0.25) is 4.79 Å². The second kappa shape index (κ2) is 8.93. The van der Waals surface area contributed by atoms with Gasteiger partial charge in [-0.1, -0.05) is 6.07 Å². The van der Waals surface area contributed by atoms with Gasteiger partial charge in [-0.15, -0.1) is 10.2 Å². The van der Waals surface area contributed by atoms with E-state index >= 15 is 0 Å². The zero-order valence-electron chi connectivity index (χ0n) is 18.1. The summed E-state index contributed by atoms with van der Waals surface area (Å²) >= 11 is 0. The summed E-state index contributed by atoms with van der Waals surface area (Å²) in [6.07, 6.45) is -0.695. The maximum Gasteiger partial charge on any atom is 0.263 e. The molecule has 3 aromatic rings. The first-order chi connectivity index (χ1) is 16.1. The van der Waals surface area contributed by atoms with Gasteiger partial charge < -0.3 is 24.0 Å². The SMILES string of the molecule is CC(Oc1cccc(F)c1)C(=O)N1CCN(c2ccc(-c3ccc4c(c3)OCO4)nn2)CC1. The highest BCUT2D eigenvalue weighted by molar-refractivity contribution is 5.81. The second-order valence-electron chi connectivity index (χ2n) is 7.87. The molecule has 3 heterocycles. The number of nitrogens with zero attached hydrogens (tertiary/aromatic N) is 4. The Hall–Kier alpha value is -3.88. The molecule has 0 saturated carbocycles. The highest BCUT2D eigenvalue weighted by atomic mass is 19.1. The third-order valence-corrected chi connectivity index (χ3v) is 5.69. The van der Waals surface area contributed by atoms with Crippen molar-refractivity contribution in [2.24, 2.45) is 0 Å². The summed E-state index contributed by atoms with van der Waals surface area (Å²) in [6.45, 7) is 4.27. The molecule has 5 rings (SSSR count). The molecule has 2 aliphatic rings. The smallest absolute Gasteiger partial charge is 0.263 e. The maximum atomic E-state index is 13.3. The fourth-order valence-corrected chi connectivity index (χ4v) is 3.91. The van der Waals surface area contributed by atoms with Gasteiger partial charge in [0.1, 0.15) is 11.6 Å². The number of hydrogen-bond acceptors (Lipinski definition) is 7. The third-order valence-electron chi connectivity index (χ3n) is 5.69. The molecule has 0 radical (unpaired) electrons. The van der Waals surface area contributed by atoms with Crippen molar-refractivity contribution in [2.45, 2.75) is 13.0 Å². The summed E-state index contributed by atoms with van der Waals surface area (Å²) in [4.78, 5) is 16.6. The van der Waals surface area contributed by atoms with E-state index in [4.69, 9.17) is 14.2 Å². The van der Waals surface area contributed by atoms with E-state index in [0.29, 0.717) is 37.7 Å². The van der Waals surface area contributed by atoms with Crippen LogP contribution in [0.3, 0.4) is 0 Å². The highest BCUT2D eigenvalue weighted by Gasteiger charge is 2.27. The number of rotatable bonds is 5. The number of carbonyl (C=O) groups excluding carboxylic acids is 1. The van der Waals surface area contributed by atoms with E-state index in [1.807, 2.05) is 30.3 Å². The van der Waals surface area contributed by atoms with Crippen LogP contribution in [0.15, 0.2) is 54.6 Å². The molecule has 0 aliphatic carbocycles. The summed E-state index contributed by atoms with van der Waals surface area (Å²) in [7, 11) is 0. The van der Waals surface area contributed by atoms with E-state index < -0.39 is 11.9 Å². The summed E-state index contributed by atoms with van der Waals surface area (Å²) in [5, 5.41) is 8.75. The van der Waals surface area contributed by atoms with Gasteiger partial charge >= 0.3 is 0 Å². The fourth-order valence-electron chi connectivity index (χ4n) is 3.91. The maximum absolute atomic E-state index is 13.3. The summed E-state index contributed by atoms with van der Waals surface area (Å²) in [6, 6.07) is 15.3. The van der Waals surface area contributed by atoms with E-state index in [0.717, 1.165) is 22.8 Å². The number of carbonyl (C=O) groups is 1. The molecule has 2 aromatic carbocycles. The Morgan fingerprint density at radius 1 is 1.00 bits per heavy atom. The van der Waals surface area contributed by atoms with Crippen molar-refractivity contribution in [3.63, 3.8) is 0 Å². The van der Waals surface area contributed by atoms with Gasteiger partial charge in [0.2, 0.25) is 6.79 Å². The molecular formula is C24H23FN4O4. The number of ether oxygens (including phenoxy) is 3. The second-order valence-corrected chi connectivity index (χ2v) is 7.87. The largest absolute Gasteiger partial charge is 0.481 e. The summed E-state index contributed by atoms with van der Waals surface area (Å²) < 4.78 is 29.7. The van der Waals surface area contributed by atoms with Gasteiger partial charge in [0, 0.05) is 37.8 Å². The monoisotopic (exact) mass is 450 g/mol. The predicted molar refractivity (Wildman–Crippen MR) is 119 cm³/mol. The average Bonchev–Trinajstić information content (AvgIpc) is 3.32. The Balaban J connectivity index is 1.17. The third kappa shape index (κ3) is 4.52. The van der Waals surface area contributed by atoms with Crippen LogP contribution in [-0.2, 0) is 4.79 Å². The van der Waals surface area contributed by atoms with Crippen LogP contribution in [-0.4, -0.2) is 60.1 Å². The molecule has 9 heteroatoms. The van der Waals surface area contributed by atoms with Crippen LogP contribution in [0.25, 0.3) is 11.3 Å². The van der Waals surface area contributed by atoms with Crippen molar-refractivity contribution in [1.29, 1.82) is 0 Å². The zero-order valence-corrected chi connectivity index (χ0v) is 18.1. The molecule has 1 aromatic heterocycles. The van der Waals surface area contributed by atoms with Crippen molar-refractivity contribution < 1.29 is 23.4 Å². The van der Waals surface area contributed by atoms with Crippen molar-refractivity contribution in [3.05, 3.63) is 60.4 Å². The van der Waals surface area contributed by atoms with Crippen molar-refractivity contribution in [3.8, 4) is 28.5 Å². The summed E-state index contributed by atoms with van der Waals surface area (Å²) in [5.74, 6) is 2.01. The highest BCUT2D eigenvalue weighted by Crippen LogP contribution is 2.35. The molecule has 0 N–H and O–H groups in total. The van der Waals surface area contributed by atoms with Gasteiger partial charge in [0.25, 0.3) is 5.91 Å². The lowest BCUT2D eigenvalue weighted by Gasteiger charge is -2.36. The van der Waals surface area contributed by atoms with Crippen molar-refractivity contribution >= 4 is 11.7 Å².